The van der Waals surface area contributed by atoms with Gasteiger partial charge >= 0.3 is 0 Å². The van der Waals surface area contributed by atoms with Crippen LogP contribution in [0.15, 0.2) is 24.3 Å². The molecule has 1 aliphatic rings. The van der Waals surface area contributed by atoms with E-state index in [2.05, 4.69) is 35.8 Å². The first-order valence-corrected chi connectivity index (χ1v) is 7.00. The van der Waals surface area contributed by atoms with E-state index in [9.17, 15) is 0 Å². The van der Waals surface area contributed by atoms with Crippen LogP contribution >= 0.6 is 0 Å². The fraction of sp³-hybridized carbons (Fsp3) is 0.600. The van der Waals surface area contributed by atoms with Crippen molar-refractivity contribution in [2.45, 2.75) is 26.3 Å². The molecule has 0 bridgehead atoms. The molecule has 18 heavy (non-hydrogen) atoms. The van der Waals surface area contributed by atoms with Gasteiger partial charge in [0, 0.05) is 37.9 Å². The van der Waals surface area contributed by atoms with Gasteiger partial charge in [0.05, 0.1) is 0 Å². The first-order valence-electron chi connectivity index (χ1n) is 7.00. The minimum atomic E-state index is 0.603. The lowest BCUT2D eigenvalue weighted by Crippen LogP contribution is -2.49. The average molecular weight is 247 g/mol. The summed E-state index contributed by atoms with van der Waals surface area (Å²) < 4.78 is 0. The molecule has 1 aromatic rings. The maximum absolute atomic E-state index is 5.83. The number of hydrogen-bond donors (Lipinski definition) is 1. The molecule has 1 fully saturated rings. The van der Waals surface area contributed by atoms with Crippen molar-refractivity contribution in [1.29, 1.82) is 0 Å². The van der Waals surface area contributed by atoms with Crippen LogP contribution in [0.25, 0.3) is 0 Å². The molecule has 1 aromatic carbocycles. The zero-order valence-electron chi connectivity index (χ0n) is 11.6. The number of rotatable bonds is 4. The van der Waals surface area contributed by atoms with Crippen LogP contribution < -0.4 is 5.73 Å². The van der Waals surface area contributed by atoms with Gasteiger partial charge in [-0.1, -0.05) is 19.1 Å². The van der Waals surface area contributed by atoms with Crippen LogP contribution in [0, 0.1) is 0 Å². The van der Waals surface area contributed by atoms with Gasteiger partial charge in [-0.25, -0.2) is 0 Å². The molecule has 1 unspecified atom stereocenters. The third-order valence-corrected chi connectivity index (χ3v) is 3.96. The fourth-order valence-electron chi connectivity index (χ4n) is 2.71. The summed E-state index contributed by atoms with van der Waals surface area (Å²) in [6.45, 7) is 10.5. The normalized spacial score (nSPS) is 19.9. The lowest BCUT2D eigenvalue weighted by atomic mass is 10.0. The topological polar surface area (TPSA) is 32.5 Å². The van der Waals surface area contributed by atoms with Gasteiger partial charge in [0.25, 0.3) is 0 Å². The van der Waals surface area contributed by atoms with Gasteiger partial charge in [0.2, 0.25) is 0 Å². The summed E-state index contributed by atoms with van der Waals surface area (Å²) in [6.07, 6.45) is 1.09. The molecule has 3 heteroatoms. The minimum absolute atomic E-state index is 0.603. The van der Waals surface area contributed by atoms with Crippen LogP contribution in [0.5, 0.6) is 0 Å². The Morgan fingerprint density at radius 2 is 1.94 bits per heavy atom. The smallest absolute Gasteiger partial charge is 0.0316 e. The second kappa shape index (κ2) is 6.21. The predicted molar refractivity (Wildman–Crippen MR) is 77.7 cm³/mol. The number of nitrogen functional groups attached to an aromatic ring is 1. The summed E-state index contributed by atoms with van der Waals surface area (Å²) in [5.74, 6) is 0. The van der Waals surface area contributed by atoms with Crippen LogP contribution in [0.4, 0.5) is 5.69 Å². The predicted octanol–water partition coefficient (Wildman–Crippen LogP) is 1.84. The van der Waals surface area contributed by atoms with Crippen molar-refractivity contribution in [1.82, 2.24) is 9.80 Å². The summed E-state index contributed by atoms with van der Waals surface area (Å²) >= 11 is 0. The van der Waals surface area contributed by atoms with E-state index in [0.29, 0.717) is 6.04 Å². The monoisotopic (exact) mass is 247 g/mol. The van der Waals surface area contributed by atoms with Crippen molar-refractivity contribution in [3.05, 3.63) is 29.8 Å². The molecule has 100 valence electrons. The maximum atomic E-state index is 5.83. The second-order valence-corrected chi connectivity index (χ2v) is 5.27. The molecular weight excluding hydrogens is 222 g/mol. The zero-order valence-corrected chi connectivity index (χ0v) is 11.6. The maximum Gasteiger partial charge on any atom is 0.0316 e. The highest BCUT2D eigenvalue weighted by atomic mass is 15.3. The Bertz CT molecular complexity index is 370. The Kier molecular flexibility index (Phi) is 4.61. The molecule has 0 spiro atoms. The lowest BCUT2D eigenvalue weighted by molar-refractivity contribution is 0.106. The molecule has 0 aromatic heterocycles. The molecule has 3 nitrogen and oxygen atoms in total. The Hall–Kier alpha value is -1.06. The van der Waals surface area contributed by atoms with E-state index in [1.807, 2.05) is 12.1 Å². The van der Waals surface area contributed by atoms with E-state index < -0.39 is 0 Å². The number of piperazine rings is 1. The van der Waals surface area contributed by atoms with E-state index in [1.54, 1.807) is 0 Å². The van der Waals surface area contributed by atoms with Gasteiger partial charge in [-0.15, -0.1) is 0 Å². The molecule has 1 heterocycles. The molecule has 0 aliphatic carbocycles. The number of benzene rings is 1. The van der Waals surface area contributed by atoms with Crippen molar-refractivity contribution in [2.75, 3.05) is 38.5 Å². The third-order valence-electron chi connectivity index (χ3n) is 3.96. The summed E-state index contributed by atoms with van der Waals surface area (Å²) in [5, 5.41) is 0. The summed E-state index contributed by atoms with van der Waals surface area (Å²) in [5.41, 5.74) is 8.05. The van der Waals surface area contributed by atoms with E-state index in [0.717, 1.165) is 12.1 Å². The quantitative estimate of drug-likeness (QED) is 0.824. The minimum Gasteiger partial charge on any atom is -0.399 e. The van der Waals surface area contributed by atoms with Crippen molar-refractivity contribution >= 4 is 5.69 Å². The highest BCUT2D eigenvalue weighted by Crippen LogP contribution is 2.13. The van der Waals surface area contributed by atoms with Crippen LogP contribution in [0.2, 0.25) is 0 Å². The van der Waals surface area contributed by atoms with Gasteiger partial charge in [-0.05, 0) is 37.6 Å². The van der Waals surface area contributed by atoms with E-state index in [4.69, 9.17) is 5.73 Å². The molecular formula is C15H25N3. The second-order valence-electron chi connectivity index (χ2n) is 5.27. The van der Waals surface area contributed by atoms with Crippen LogP contribution in [0.3, 0.4) is 0 Å². The van der Waals surface area contributed by atoms with Gasteiger partial charge in [0.1, 0.15) is 0 Å². The number of nitrogens with zero attached hydrogens (tertiary/aromatic N) is 2. The Balaban J connectivity index is 1.87. The molecule has 0 amide bonds. The Morgan fingerprint density at radius 3 is 2.56 bits per heavy atom. The van der Waals surface area contributed by atoms with Gasteiger partial charge in [0.15, 0.2) is 0 Å². The van der Waals surface area contributed by atoms with Gasteiger partial charge in [-0.2, -0.15) is 0 Å². The number of anilines is 1. The highest BCUT2D eigenvalue weighted by molar-refractivity contribution is 5.40. The molecule has 0 saturated carbocycles. The summed E-state index contributed by atoms with van der Waals surface area (Å²) in [7, 11) is 0. The largest absolute Gasteiger partial charge is 0.399 e. The molecule has 1 atom stereocenters. The molecule has 2 rings (SSSR count). The molecule has 1 aliphatic heterocycles. The Labute approximate surface area is 111 Å². The third kappa shape index (κ3) is 3.47. The van der Waals surface area contributed by atoms with Crippen molar-refractivity contribution in [3.8, 4) is 0 Å². The number of nitrogens with two attached hydrogens (primary N) is 1. The average Bonchev–Trinajstić information content (AvgIpc) is 2.39. The van der Waals surface area contributed by atoms with Crippen LogP contribution in [-0.4, -0.2) is 48.6 Å². The van der Waals surface area contributed by atoms with Crippen LogP contribution in [-0.2, 0) is 6.42 Å². The molecule has 0 radical (unpaired) electrons. The van der Waals surface area contributed by atoms with Crippen molar-refractivity contribution < 1.29 is 0 Å². The fourth-order valence-corrected chi connectivity index (χ4v) is 2.71. The summed E-state index contributed by atoms with van der Waals surface area (Å²) in [6, 6.07) is 8.87. The lowest BCUT2D eigenvalue weighted by Gasteiger charge is -2.37. The standard InChI is InChI=1S/C15H25N3/c1-3-17-7-9-18(10-8-17)13(2)11-14-5-4-6-15(16)12-14/h4-6,12-13H,3,7-11,16H2,1-2H3. The highest BCUT2D eigenvalue weighted by Gasteiger charge is 2.20. The SMILES string of the molecule is CCN1CCN(C(C)Cc2cccc(N)c2)CC1. The number of likely N-dealkylation sites (N-methyl/N-ethyl adjacent to an activating group) is 1. The zero-order chi connectivity index (χ0) is 13.0. The number of hydrogen-bond acceptors (Lipinski definition) is 3. The van der Waals surface area contributed by atoms with Crippen molar-refractivity contribution in [2.24, 2.45) is 0 Å². The van der Waals surface area contributed by atoms with Crippen LogP contribution in [0.1, 0.15) is 19.4 Å². The van der Waals surface area contributed by atoms with E-state index >= 15 is 0 Å². The molecule has 2 N–H and O–H groups in total. The van der Waals surface area contributed by atoms with E-state index in [1.165, 1.54) is 38.3 Å². The summed E-state index contributed by atoms with van der Waals surface area (Å²) in [4.78, 5) is 5.11. The first-order chi connectivity index (χ1) is 8.69. The van der Waals surface area contributed by atoms with E-state index in [-0.39, 0.29) is 0 Å². The van der Waals surface area contributed by atoms with Gasteiger partial charge in [-0.3, -0.25) is 4.90 Å². The molecule has 1 saturated heterocycles. The van der Waals surface area contributed by atoms with Crippen molar-refractivity contribution in [3.63, 3.8) is 0 Å². The Morgan fingerprint density at radius 1 is 1.22 bits per heavy atom. The first kappa shape index (κ1) is 13.4. The van der Waals surface area contributed by atoms with Gasteiger partial charge < -0.3 is 10.6 Å².